The fourth-order valence-electron chi connectivity index (χ4n) is 3.41. The zero-order valence-electron chi connectivity index (χ0n) is 15.5. The Labute approximate surface area is 163 Å². The van der Waals surface area contributed by atoms with E-state index in [1.165, 1.54) is 33.5 Å². The quantitative estimate of drug-likeness (QED) is 0.764. The number of hydrogen-bond acceptors (Lipinski definition) is 3. The second-order valence-corrected chi connectivity index (χ2v) is 8.80. The van der Waals surface area contributed by atoms with Crippen molar-refractivity contribution in [2.45, 2.75) is 24.3 Å². The average Bonchev–Trinajstić information content (AvgIpc) is 2.69. The molecule has 0 bridgehead atoms. The fraction of sp³-hybridized carbons (Fsp3) is 0.350. The van der Waals surface area contributed by atoms with Crippen molar-refractivity contribution in [1.29, 1.82) is 0 Å². The van der Waals surface area contributed by atoms with Gasteiger partial charge >= 0.3 is 0 Å². The Morgan fingerprint density at radius 1 is 1.04 bits per heavy atom. The number of hydrogen-bond donors (Lipinski definition) is 0. The summed E-state index contributed by atoms with van der Waals surface area (Å²) < 4.78 is 54.2. The van der Waals surface area contributed by atoms with Crippen molar-refractivity contribution in [2.75, 3.05) is 20.1 Å². The summed E-state index contributed by atoms with van der Waals surface area (Å²) in [5.41, 5.74) is 0.429. The predicted octanol–water partition coefficient (Wildman–Crippen LogP) is 3.02. The molecule has 0 atom stereocenters. The molecule has 2 aromatic carbocycles. The van der Waals surface area contributed by atoms with E-state index >= 15 is 0 Å². The van der Waals surface area contributed by atoms with Crippen LogP contribution in [0, 0.1) is 17.6 Å². The molecule has 0 radical (unpaired) electrons. The minimum atomic E-state index is -3.93. The largest absolute Gasteiger partial charge is 0.341 e. The number of carbonyl (C=O) groups is 1. The lowest BCUT2D eigenvalue weighted by Crippen LogP contribution is -2.43. The fourth-order valence-corrected chi connectivity index (χ4v) is 4.94. The van der Waals surface area contributed by atoms with Crippen molar-refractivity contribution in [2.24, 2.45) is 5.92 Å². The van der Waals surface area contributed by atoms with Crippen molar-refractivity contribution in [3.8, 4) is 0 Å². The lowest BCUT2D eigenvalue weighted by Gasteiger charge is -2.32. The molecule has 1 heterocycles. The molecular weight excluding hydrogens is 386 g/mol. The van der Waals surface area contributed by atoms with Gasteiger partial charge in [0.1, 0.15) is 16.5 Å². The summed E-state index contributed by atoms with van der Waals surface area (Å²) >= 11 is 0. The van der Waals surface area contributed by atoms with Crippen LogP contribution in [0.5, 0.6) is 0 Å². The van der Waals surface area contributed by atoms with Crippen LogP contribution in [0.25, 0.3) is 0 Å². The van der Waals surface area contributed by atoms with Gasteiger partial charge in [-0.25, -0.2) is 17.2 Å². The van der Waals surface area contributed by atoms with Crippen LogP contribution in [0.15, 0.2) is 53.4 Å². The summed E-state index contributed by atoms with van der Waals surface area (Å²) in [4.78, 5) is 13.8. The summed E-state index contributed by atoms with van der Waals surface area (Å²) in [5, 5.41) is 0. The standard InChI is InChI=1S/C20H22F2N2O3S/c1-23(14-16-6-2-3-7-17(16)21)20(25)15-10-12-24(13-11-15)28(26,27)19-9-5-4-8-18(19)22/h2-9,15H,10-14H2,1H3. The maximum Gasteiger partial charge on any atom is 0.245 e. The number of piperidine rings is 1. The summed E-state index contributed by atoms with van der Waals surface area (Å²) in [5.74, 6) is -1.65. The maximum absolute atomic E-state index is 13.9. The molecular formula is C20H22F2N2O3S. The highest BCUT2D eigenvalue weighted by atomic mass is 32.2. The zero-order valence-corrected chi connectivity index (χ0v) is 16.3. The summed E-state index contributed by atoms with van der Waals surface area (Å²) in [7, 11) is -2.32. The van der Waals surface area contributed by atoms with Crippen molar-refractivity contribution in [1.82, 2.24) is 9.21 Å². The first-order chi connectivity index (χ1) is 13.3. The van der Waals surface area contributed by atoms with Gasteiger partial charge in [0.05, 0.1) is 0 Å². The maximum atomic E-state index is 13.9. The predicted molar refractivity (Wildman–Crippen MR) is 101 cm³/mol. The van der Waals surface area contributed by atoms with Crippen LogP contribution in [-0.2, 0) is 21.4 Å². The number of nitrogens with zero attached hydrogens (tertiary/aromatic N) is 2. The molecule has 0 N–H and O–H groups in total. The first kappa shape index (κ1) is 20.4. The number of rotatable bonds is 5. The van der Waals surface area contributed by atoms with E-state index in [4.69, 9.17) is 0 Å². The van der Waals surface area contributed by atoms with E-state index in [0.717, 1.165) is 6.07 Å². The second kappa shape index (κ2) is 8.36. The first-order valence-corrected chi connectivity index (χ1v) is 10.5. The van der Waals surface area contributed by atoms with Crippen LogP contribution in [-0.4, -0.2) is 43.7 Å². The Bertz CT molecular complexity index is 957. The van der Waals surface area contributed by atoms with E-state index in [9.17, 15) is 22.0 Å². The van der Waals surface area contributed by atoms with Gasteiger partial charge in [0, 0.05) is 38.2 Å². The van der Waals surface area contributed by atoms with Gasteiger partial charge in [0.2, 0.25) is 15.9 Å². The van der Waals surface area contributed by atoms with Gasteiger partial charge in [-0.05, 0) is 31.0 Å². The van der Waals surface area contributed by atoms with E-state index in [0.29, 0.717) is 18.4 Å². The molecule has 1 aliphatic rings. The van der Waals surface area contributed by atoms with E-state index < -0.39 is 15.8 Å². The van der Waals surface area contributed by atoms with Gasteiger partial charge in [-0.1, -0.05) is 30.3 Å². The smallest absolute Gasteiger partial charge is 0.245 e. The summed E-state index contributed by atoms with van der Waals surface area (Å²) in [6, 6.07) is 11.5. The molecule has 5 nitrogen and oxygen atoms in total. The SMILES string of the molecule is CN(Cc1ccccc1F)C(=O)C1CCN(S(=O)(=O)c2ccccc2F)CC1. The lowest BCUT2D eigenvalue weighted by atomic mass is 9.96. The van der Waals surface area contributed by atoms with Gasteiger partial charge in [-0.3, -0.25) is 4.79 Å². The first-order valence-electron chi connectivity index (χ1n) is 9.04. The molecule has 0 spiro atoms. The monoisotopic (exact) mass is 408 g/mol. The summed E-state index contributed by atoms with van der Waals surface area (Å²) in [6.07, 6.45) is 0.683. The van der Waals surface area contributed by atoms with Crippen LogP contribution < -0.4 is 0 Å². The van der Waals surface area contributed by atoms with E-state index in [1.54, 1.807) is 25.2 Å². The highest BCUT2D eigenvalue weighted by Gasteiger charge is 2.34. The number of amides is 1. The van der Waals surface area contributed by atoms with E-state index in [2.05, 4.69) is 0 Å². The normalized spacial score (nSPS) is 16.1. The Hall–Kier alpha value is -2.32. The van der Waals surface area contributed by atoms with Crippen molar-refractivity contribution in [3.05, 3.63) is 65.7 Å². The van der Waals surface area contributed by atoms with Crippen LogP contribution >= 0.6 is 0 Å². The van der Waals surface area contributed by atoms with Crippen LogP contribution in [0.3, 0.4) is 0 Å². The van der Waals surface area contributed by atoms with Crippen LogP contribution in [0.1, 0.15) is 18.4 Å². The molecule has 150 valence electrons. The molecule has 0 aromatic heterocycles. The lowest BCUT2D eigenvalue weighted by molar-refractivity contribution is -0.136. The van der Waals surface area contributed by atoms with Gasteiger partial charge in [-0.2, -0.15) is 4.31 Å². The van der Waals surface area contributed by atoms with Crippen molar-refractivity contribution >= 4 is 15.9 Å². The van der Waals surface area contributed by atoms with Gasteiger partial charge in [0.25, 0.3) is 0 Å². The molecule has 0 unspecified atom stereocenters. The van der Waals surface area contributed by atoms with Gasteiger partial charge in [0.15, 0.2) is 0 Å². The molecule has 0 saturated carbocycles. The van der Waals surface area contributed by atoms with Crippen molar-refractivity contribution < 1.29 is 22.0 Å². The third kappa shape index (κ3) is 4.23. The Kier molecular flexibility index (Phi) is 6.10. The number of benzene rings is 2. The number of carbonyl (C=O) groups excluding carboxylic acids is 1. The topological polar surface area (TPSA) is 57.7 Å². The van der Waals surface area contributed by atoms with Crippen molar-refractivity contribution in [3.63, 3.8) is 0 Å². The average molecular weight is 408 g/mol. The molecule has 1 fully saturated rings. The highest BCUT2D eigenvalue weighted by Crippen LogP contribution is 2.26. The van der Waals surface area contributed by atoms with Crippen LogP contribution in [0.4, 0.5) is 8.78 Å². The summed E-state index contributed by atoms with van der Waals surface area (Å²) in [6.45, 7) is 0.431. The van der Waals surface area contributed by atoms with E-state index in [-0.39, 0.29) is 42.2 Å². The number of sulfonamides is 1. The van der Waals surface area contributed by atoms with Gasteiger partial charge in [-0.15, -0.1) is 0 Å². The highest BCUT2D eigenvalue weighted by molar-refractivity contribution is 7.89. The Balaban J connectivity index is 1.62. The molecule has 1 amide bonds. The van der Waals surface area contributed by atoms with Crippen LogP contribution in [0.2, 0.25) is 0 Å². The minimum absolute atomic E-state index is 0.139. The molecule has 2 aromatic rings. The molecule has 1 aliphatic heterocycles. The van der Waals surface area contributed by atoms with Gasteiger partial charge < -0.3 is 4.90 Å². The molecule has 3 rings (SSSR count). The molecule has 0 aliphatic carbocycles. The molecule has 8 heteroatoms. The second-order valence-electron chi connectivity index (χ2n) is 6.89. The number of halogens is 2. The third-order valence-corrected chi connectivity index (χ3v) is 6.93. The Morgan fingerprint density at radius 3 is 2.21 bits per heavy atom. The Morgan fingerprint density at radius 2 is 1.61 bits per heavy atom. The third-order valence-electron chi connectivity index (χ3n) is 5.00. The minimum Gasteiger partial charge on any atom is -0.341 e. The molecule has 28 heavy (non-hydrogen) atoms. The molecule has 1 saturated heterocycles. The zero-order chi connectivity index (χ0) is 20.3. The van der Waals surface area contributed by atoms with E-state index in [1.807, 2.05) is 0 Å².